The van der Waals surface area contributed by atoms with Crippen LogP contribution >= 0.6 is 23.8 Å². The van der Waals surface area contributed by atoms with Crippen LogP contribution in [0.2, 0.25) is 5.02 Å². The van der Waals surface area contributed by atoms with Crippen molar-refractivity contribution >= 4 is 23.8 Å². The number of aromatic amines is 1. The first-order valence-corrected chi connectivity index (χ1v) is 7.14. The largest absolute Gasteiger partial charge is 0.291 e. The minimum absolute atomic E-state index is 0.00511. The third-order valence-electron chi connectivity index (χ3n) is 3.24. The van der Waals surface area contributed by atoms with Crippen LogP contribution in [0.4, 0.5) is 0 Å². The summed E-state index contributed by atoms with van der Waals surface area (Å²) in [6.45, 7) is 2.05. The molecule has 0 saturated carbocycles. The van der Waals surface area contributed by atoms with Crippen LogP contribution in [-0.4, -0.2) is 24.7 Å². The number of aromatic nitrogens is 5. The quantitative estimate of drug-likeness (QED) is 0.749. The summed E-state index contributed by atoms with van der Waals surface area (Å²) in [5, 5.41) is 7.79. The van der Waals surface area contributed by atoms with Crippen molar-refractivity contribution in [2.24, 2.45) is 0 Å². The van der Waals surface area contributed by atoms with Crippen LogP contribution in [0.5, 0.6) is 0 Å². The fourth-order valence-corrected chi connectivity index (χ4v) is 2.57. The fourth-order valence-electron chi connectivity index (χ4n) is 2.15. The van der Waals surface area contributed by atoms with E-state index >= 15 is 0 Å². The van der Waals surface area contributed by atoms with Crippen LogP contribution in [-0.2, 0) is 0 Å². The van der Waals surface area contributed by atoms with Crippen molar-refractivity contribution in [1.29, 1.82) is 0 Å². The summed E-state index contributed by atoms with van der Waals surface area (Å²) < 4.78 is 2.46. The number of hydrogen-bond donors (Lipinski definition) is 1. The van der Waals surface area contributed by atoms with E-state index in [4.69, 9.17) is 23.8 Å². The summed E-state index contributed by atoms with van der Waals surface area (Å²) in [4.78, 5) is 8.35. The second-order valence-electron chi connectivity index (χ2n) is 4.54. The summed E-state index contributed by atoms with van der Waals surface area (Å²) in [5.74, 6) is 0.663. The van der Waals surface area contributed by atoms with Gasteiger partial charge in [0.2, 0.25) is 0 Å². The van der Waals surface area contributed by atoms with Gasteiger partial charge in [-0.15, -0.1) is 0 Å². The smallest absolute Gasteiger partial charge is 0.196 e. The van der Waals surface area contributed by atoms with E-state index in [1.54, 1.807) is 18.6 Å². The van der Waals surface area contributed by atoms with Crippen molar-refractivity contribution in [2.75, 3.05) is 0 Å². The van der Waals surface area contributed by atoms with Gasteiger partial charge >= 0.3 is 0 Å². The highest BCUT2D eigenvalue weighted by atomic mass is 35.5. The van der Waals surface area contributed by atoms with Crippen molar-refractivity contribution in [2.45, 2.75) is 13.0 Å². The molecule has 1 N–H and O–H groups in total. The first-order chi connectivity index (χ1) is 10.2. The van der Waals surface area contributed by atoms with E-state index in [1.165, 1.54) is 0 Å². The lowest BCUT2D eigenvalue weighted by Crippen LogP contribution is -2.09. The molecule has 0 saturated heterocycles. The predicted molar refractivity (Wildman–Crippen MR) is 83.7 cm³/mol. The molecular formula is C14H12ClN5S. The van der Waals surface area contributed by atoms with Crippen molar-refractivity contribution in [1.82, 2.24) is 24.7 Å². The summed E-state index contributed by atoms with van der Waals surface area (Å²) in [6.07, 6.45) is 4.91. The maximum Gasteiger partial charge on any atom is 0.196 e. The standard InChI is InChI=1S/C14H12ClN5S/c1-9(10-2-4-11(15)5-3-10)20-13(18-19-14(20)21)12-8-16-6-7-17-12/h2-9H,1H3,(H,19,21)/t9-/m0/s1. The number of hydrogen-bond acceptors (Lipinski definition) is 4. The Hall–Kier alpha value is -2.05. The van der Waals surface area contributed by atoms with E-state index < -0.39 is 0 Å². The first-order valence-electron chi connectivity index (χ1n) is 6.35. The molecule has 0 amide bonds. The summed E-state index contributed by atoms with van der Waals surface area (Å²) in [7, 11) is 0. The Kier molecular flexibility index (Phi) is 3.81. The molecule has 0 bridgehead atoms. The van der Waals surface area contributed by atoms with Crippen molar-refractivity contribution in [3.8, 4) is 11.5 Å². The SMILES string of the molecule is C[C@@H](c1ccc(Cl)cc1)n1c(-c2cnccn2)n[nH]c1=S. The Labute approximate surface area is 131 Å². The third kappa shape index (κ3) is 2.72. The van der Waals surface area contributed by atoms with Crippen LogP contribution in [0.25, 0.3) is 11.5 Å². The summed E-state index contributed by atoms with van der Waals surface area (Å²) >= 11 is 11.3. The molecule has 1 atom stereocenters. The van der Waals surface area contributed by atoms with Gasteiger partial charge in [-0.25, -0.2) is 4.98 Å². The first kappa shape index (κ1) is 13.9. The molecule has 106 valence electrons. The topological polar surface area (TPSA) is 59.4 Å². The van der Waals surface area contributed by atoms with E-state index in [1.807, 2.05) is 28.8 Å². The highest BCUT2D eigenvalue weighted by molar-refractivity contribution is 7.71. The monoisotopic (exact) mass is 317 g/mol. The number of rotatable bonds is 3. The van der Waals surface area contributed by atoms with Crippen LogP contribution in [0.3, 0.4) is 0 Å². The van der Waals surface area contributed by atoms with Crippen molar-refractivity contribution in [3.05, 3.63) is 58.2 Å². The van der Waals surface area contributed by atoms with Crippen molar-refractivity contribution < 1.29 is 0 Å². The van der Waals surface area contributed by atoms with Gasteiger partial charge in [0.25, 0.3) is 0 Å². The Morgan fingerprint density at radius 2 is 2.00 bits per heavy atom. The lowest BCUT2D eigenvalue weighted by atomic mass is 10.1. The highest BCUT2D eigenvalue weighted by Gasteiger charge is 2.17. The molecule has 5 nitrogen and oxygen atoms in total. The molecule has 2 heterocycles. The second kappa shape index (κ2) is 5.75. The van der Waals surface area contributed by atoms with Gasteiger partial charge in [-0.3, -0.25) is 14.6 Å². The van der Waals surface area contributed by atoms with Crippen LogP contribution < -0.4 is 0 Å². The number of nitrogens with zero attached hydrogens (tertiary/aromatic N) is 4. The molecule has 0 fully saturated rings. The van der Waals surface area contributed by atoms with Gasteiger partial charge in [0.05, 0.1) is 12.2 Å². The summed E-state index contributed by atoms with van der Waals surface area (Å²) in [5.41, 5.74) is 1.76. The van der Waals surface area contributed by atoms with Gasteiger partial charge in [-0.2, -0.15) is 5.10 Å². The van der Waals surface area contributed by atoms with Gasteiger partial charge < -0.3 is 0 Å². The van der Waals surface area contributed by atoms with Crippen LogP contribution in [0.15, 0.2) is 42.9 Å². The molecule has 0 aliphatic carbocycles. The molecule has 3 rings (SSSR count). The number of H-pyrrole nitrogens is 1. The predicted octanol–water partition coefficient (Wildman–Crippen LogP) is 3.66. The molecule has 3 aromatic rings. The molecule has 7 heteroatoms. The molecule has 2 aromatic heterocycles. The average molecular weight is 318 g/mol. The fraction of sp³-hybridized carbons (Fsp3) is 0.143. The minimum atomic E-state index is 0.00511. The molecular weight excluding hydrogens is 306 g/mol. The molecule has 0 spiro atoms. The lowest BCUT2D eigenvalue weighted by molar-refractivity contribution is 0.634. The van der Waals surface area contributed by atoms with Gasteiger partial charge in [-0.1, -0.05) is 23.7 Å². The maximum absolute atomic E-state index is 5.94. The van der Waals surface area contributed by atoms with Gasteiger partial charge in [0.15, 0.2) is 10.6 Å². The van der Waals surface area contributed by atoms with E-state index in [0.717, 1.165) is 5.56 Å². The Balaban J connectivity index is 2.08. The van der Waals surface area contributed by atoms with Crippen molar-refractivity contribution in [3.63, 3.8) is 0 Å². The zero-order valence-electron chi connectivity index (χ0n) is 11.2. The molecule has 1 aromatic carbocycles. The number of nitrogens with one attached hydrogen (secondary N) is 1. The van der Waals surface area contributed by atoms with E-state index in [2.05, 4.69) is 27.1 Å². The van der Waals surface area contributed by atoms with E-state index in [-0.39, 0.29) is 6.04 Å². The number of halogens is 1. The van der Waals surface area contributed by atoms with Gasteiger partial charge in [0, 0.05) is 17.4 Å². The Bertz CT molecular complexity index is 794. The molecule has 0 radical (unpaired) electrons. The van der Waals surface area contributed by atoms with Crippen LogP contribution in [0.1, 0.15) is 18.5 Å². The molecule has 0 aliphatic heterocycles. The summed E-state index contributed by atoms with van der Waals surface area (Å²) in [6, 6.07) is 7.67. The zero-order valence-corrected chi connectivity index (χ0v) is 12.8. The van der Waals surface area contributed by atoms with Gasteiger partial charge in [-0.05, 0) is 36.8 Å². The average Bonchev–Trinajstić information content (AvgIpc) is 2.90. The second-order valence-corrected chi connectivity index (χ2v) is 5.36. The molecule has 0 unspecified atom stereocenters. The zero-order chi connectivity index (χ0) is 14.8. The van der Waals surface area contributed by atoms with E-state index in [0.29, 0.717) is 21.3 Å². The van der Waals surface area contributed by atoms with E-state index in [9.17, 15) is 0 Å². The highest BCUT2D eigenvalue weighted by Crippen LogP contribution is 2.25. The lowest BCUT2D eigenvalue weighted by Gasteiger charge is -2.15. The third-order valence-corrected chi connectivity index (χ3v) is 3.78. The minimum Gasteiger partial charge on any atom is -0.291 e. The maximum atomic E-state index is 5.94. The normalized spacial score (nSPS) is 12.3. The van der Waals surface area contributed by atoms with Crippen LogP contribution in [0, 0.1) is 4.77 Å². The Morgan fingerprint density at radius 1 is 1.24 bits per heavy atom. The molecule has 0 aliphatic rings. The molecule has 21 heavy (non-hydrogen) atoms. The number of benzene rings is 1. The van der Waals surface area contributed by atoms with Gasteiger partial charge in [0.1, 0.15) is 5.69 Å². The Morgan fingerprint density at radius 3 is 2.67 bits per heavy atom.